The lowest BCUT2D eigenvalue weighted by molar-refractivity contribution is -0.176. The smallest absolute Gasteiger partial charge is 0.327 e. The van der Waals surface area contributed by atoms with Crippen molar-refractivity contribution >= 4 is 50.2 Å². The summed E-state index contributed by atoms with van der Waals surface area (Å²) in [4.78, 5) is 32.1. The molecule has 2 heterocycles. The van der Waals surface area contributed by atoms with E-state index in [1.165, 1.54) is 35.2 Å². The van der Waals surface area contributed by atoms with Crippen LogP contribution in [0.5, 0.6) is 0 Å². The molecule has 0 radical (unpaired) electrons. The van der Waals surface area contributed by atoms with E-state index in [0.29, 0.717) is 18.0 Å². The van der Waals surface area contributed by atoms with Crippen LogP contribution in [0, 0.1) is 18.7 Å². The Kier molecular flexibility index (Phi) is 7.25. The van der Waals surface area contributed by atoms with Gasteiger partial charge in [-0.1, -0.05) is 51.2 Å². The molecule has 186 valence electrons. The molecule has 2 aromatic carbocycles. The molecule has 0 aliphatic carbocycles. The highest BCUT2D eigenvalue weighted by Gasteiger charge is 2.49. The van der Waals surface area contributed by atoms with Crippen molar-refractivity contribution in [2.45, 2.75) is 75.5 Å². The van der Waals surface area contributed by atoms with Gasteiger partial charge in [0.15, 0.2) is 16.2 Å². The molecule has 0 saturated carbocycles. The van der Waals surface area contributed by atoms with E-state index in [-0.39, 0.29) is 29.9 Å². The molecule has 0 spiro atoms. The zero-order chi connectivity index (χ0) is 25.5. The number of anilines is 1. The highest BCUT2D eigenvalue weighted by molar-refractivity contribution is 8.01. The quantitative estimate of drug-likeness (QED) is 0.288. The average molecular weight is 515 g/mol. The van der Waals surface area contributed by atoms with Gasteiger partial charge in [-0.2, -0.15) is 0 Å². The summed E-state index contributed by atoms with van der Waals surface area (Å²) in [5.41, 5.74) is 8.97. The third-order valence-electron chi connectivity index (χ3n) is 6.78. The second-order valence-electron chi connectivity index (χ2n) is 9.90. The topological polar surface area (TPSA) is 82.3 Å². The number of nitrogens with zero attached hydrogens (tertiary/aromatic N) is 1. The molecule has 2 unspecified atom stereocenters. The van der Waals surface area contributed by atoms with E-state index in [2.05, 4.69) is 18.8 Å². The molecule has 1 aliphatic rings. The Morgan fingerprint density at radius 2 is 1.91 bits per heavy atom. The molecule has 1 aliphatic heterocycles. The Balaban J connectivity index is 1.59. The molecule has 4 rings (SSSR count). The van der Waals surface area contributed by atoms with Gasteiger partial charge in [0.1, 0.15) is 11.4 Å². The summed E-state index contributed by atoms with van der Waals surface area (Å²) in [6.45, 7) is 10.1. The molecule has 35 heavy (non-hydrogen) atoms. The van der Waals surface area contributed by atoms with Gasteiger partial charge >= 0.3 is 5.97 Å². The highest BCUT2D eigenvalue weighted by Crippen LogP contribution is 2.44. The number of benzene rings is 2. The number of ketones is 1. The number of carbonyl (C=O) groups is 2. The second-order valence-corrected chi connectivity index (χ2v) is 12.1. The van der Waals surface area contributed by atoms with Crippen molar-refractivity contribution in [2.24, 2.45) is 5.92 Å². The van der Waals surface area contributed by atoms with Crippen LogP contribution in [0.1, 0.15) is 63.1 Å². The Morgan fingerprint density at radius 1 is 1.23 bits per heavy atom. The second kappa shape index (κ2) is 9.90. The SMILES string of the molecule is Cc1cc(SC2C(=O)CC(CCc3ccc(F)cc3)(C(C)C)OC2=O)c(C(C)C)c2sc(N)nc12. The van der Waals surface area contributed by atoms with Crippen molar-refractivity contribution in [1.29, 1.82) is 0 Å². The lowest BCUT2D eigenvalue weighted by Crippen LogP contribution is -2.52. The zero-order valence-corrected chi connectivity index (χ0v) is 22.3. The minimum absolute atomic E-state index is 0.0354. The Labute approximate surface area is 213 Å². The number of halogens is 1. The Hall–Kier alpha value is -2.45. The molecule has 8 heteroatoms. The summed E-state index contributed by atoms with van der Waals surface area (Å²) in [7, 11) is 0. The summed E-state index contributed by atoms with van der Waals surface area (Å²) < 4.78 is 20.4. The predicted octanol–water partition coefficient (Wildman–Crippen LogP) is 6.45. The van der Waals surface area contributed by atoms with Gasteiger partial charge in [-0.3, -0.25) is 9.59 Å². The number of hydrogen-bond acceptors (Lipinski definition) is 7. The van der Waals surface area contributed by atoms with Crippen molar-refractivity contribution in [3.05, 3.63) is 52.8 Å². The number of cyclic esters (lactones) is 1. The van der Waals surface area contributed by atoms with Crippen LogP contribution in [0.4, 0.5) is 9.52 Å². The summed E-state index contributed by atoms with van der Waals surface area (Å²) in [5.74, 6) is -0.764. The molecule has 0 bridgehead atoms. The number of thioether (sulfide) groups is 1. The number of hydrogen-bond donors (Lipinski definition) is 1. The van der Waals surface area contributed by atoms with Crippen molar-refractivity contribution in [2.75, 3.05) is 5.73 Å². The van der Waals surface area contributed by atoms with E-state index >= 15 is 0 Å². The number of ether oxygens (including phenoxy) is 1. The third-order valence-corrected chi connectivity index (χ3v) is 8.98. The average Bonchev–Trinajstić information content (AvgIpc) is 3.17. The van der Waals surface area contributed by atoms with Crippen molar-refractivity contribution < 1.29 is 18.7 Å². The van der Waals surface area contributed by atoms with Gasteiger partial charge in [0.25, 0.3) is 0 Å². The summed E-state index contributed by atoms with van der Waals surface area (Å²) in [5, 5.41) is -0.407. The largest absolute Gasteiger partial charge is 0.457 e. The molecule has 2 N–H and O–H groups in total. The number of rotatable bonds is 7. The minimum Gasteiger partial charge on any atom is -0.457 e. The van der Waals surface area contributed by atoms with Crippen LogP contribution < -0.4 is 5.73 Å². The zero-order valence-electron chi connectivity index (χ0n) is 20.7. The maximum atomic E-state index is 13.4. The fourth-order valence-corrected chi connectivity index (χ4v) is 7.18. The van der Waals surface area contributed by atoms with Gasteiger partial charge in [0.2, 0.25) is 0 Å². The van der Waals surface area contributed by atoms with Crippen LogP contribution in [0.2, 0.25) is 0 Å². The molecule has 1 aromatic heterocycles. The van der Waals surface area contributed by atoms with Gasteiger partial charge in [0, 0.05) is 11.3 Å². The number of Topliss-reactive ketones (excluding diaryl/α,β-unsaturated/α-hetero) is 1. The maximum absolute atomic E-state index is 13.4. The van der Waals surface area contributed by atoms with E-state index in [9.17, 15) is 14.0 Å². The number of nitrogen functional groups attached to an aromatic ring is 1. The first-order valence-electron chi connectivity index (χ1n) is 11.9. The van der Waals surface area contributed by atoms with Crippen LogP contribution in [-0.4, -0.2) is 27.6 Å². The maximum Gasteiger partial charge on any atom is 0.327 e. The minimum atomic E-state index is -0.910. The Bertz CT molecular complexity index is 1250. The molecular formula is C27H31FN2O3S2. The monoisotopic (exact) mass is 514 g/mol. The van der Waals surface area contributed by atoms with Gasteiger partial charge in [-0.15, -0.1) is 11.8 Å². The number of thiazole rings is 1. The lowest BCUT2D eigenvalue weighted by atomic mass is 9.78. The molecule has 1 saturated heterocycles. The van der Waals surface area contributed by atoms with E-state index in [0.717, 1.165) is 31.8 Å². The number of aromatic nitrogens is 1. The van der Waals surface area contributed by atoms with Crippen LogP contribution >= 0.6 is 23.1 Å². The van der Waals surface area contributed by atoms with Gasteiger partial charge in [0.05, 0.1) is 10.2 Å². The third kappa shape index (κ3) is 5.09. The standard InChI is InChI=1S/C27H31FN2O3S2/c1-14(2)21-20(12-16(5)22-24(21)35-26(29)30-22)34-23-19(31)13-27(15(3)4,33-25(23)32)11-10-17-6-8-18(28)9-7-17/h6-9,12,14-15,23H,10-11,13H2,1-5H3,(H2,29,30). The number of aryl methyl sites for hydroxylation is 2. The van der Waals surface area contributed by atoms with Crippen LogP contribution in [-0.2, 0) is 20.7 Å². The Morgan fingerprint density at radius 3 is 2.51 bits per heavy atom. The van der Waals surface area contributed by atoms with Gasteiger partial charge < -0.3 is 10.5 Å². The van der Waals surface area contributed by atoms with E-state index in [1.807, 2.05) is 26.8 Å². The number of nitrogens with two attached hydrogens (primary N) is 1. The van der Waals surface area contributed by atoms with E-state index < -0.39 is 16.8 Å². The normalized spacial score (nSPS) is 20.7. The molecule has 0 amide bonds. The molecular weight excluding hydrogens is 483 g/mol. The highest BCUT2D eigenvalue weighted by atomic mass is 32.2. The van der Waals surface area contributed by atoms with Crippen LogP contribution in [0.3, 0.4) is 0 Å². The summed E-state index contributed by atoms with van der Waals surface area (Å²) >= 11 is 2.71. The molecule has 2 atom stereocenters. The van der Waals surface area contributed by atoms with E-state index in [1.54, 1.807) is 12.1 Å². The van der Waals surface area contributed by atoms with Crippen molar-refractivity contribution in [1.82, 2.24) is 4.98 Å². The van der Waals surface area contributed by atoms with Gasteiger partial charge in [-0.25, -0.2) is 9.37 Å². The van der Waals surface area contributed by atoms with Crippen LogP contribution in [0.15, 0.2) is 35.2 Å². The fourth-order valence-electron chi connectivity index (χ4n) is 4.69. The molecule has 5 nitrogen and oxygen atoms in total. The number of fused-ring (bicyclic) bond motifs is 1. The molecule has 3 aromatic rings. The van der Waals surface area contributed by atoms with Crippen molar-refractivity contribution in [3.63, 3.8) is 0 Å². The van der Waals surface area contributed by atoms with Gasteiger partial charge in [-0.05, 0) is 66.5 Å². The summed E-state index contributed by atoms with van der Waals surface area (Å²) in [6.07, 6.45) is 1.27. The van der Waals surface area contributed by atoms with Crippen LogP contribution in [0.25, 0.3) is 10.2 Å². The summed E-state index contributed by atoms with van der Waals surface area (Å²) in [6, 6.07) is 8.30. The predicted molar refractivity (Wildman–Crippen MR) is 141 cm³/mol. The first kappa shape index (κ1) is 25.6. The van der Waals surface area contributed by atoms with E-state index in [4.69, 9.17) is 10.5 Å². The number of carbonyl (C=O) groups excluding carboxylic acids is 2. The molecule has 1 fully saturated rings. The first-order chi connectivity index (χ1) is 16.5. The van der Waals surface area contributed by atoms with Crippen molar-refractivity contribution in [3.8, 4) is 0 Å². The lowest BCUT2D eigenvalue weighted by Gasteiger charge is -2.41. The fraction of sp³-hybridized carbons (Fsp3) is 0.444. The first-order valence-corrected chi connectivity index (χ1v) is 13.6. The number of esters is 1.